The Balaban J connectivity index is 1.17. The zero-order chi connectivity index (χ0) is 26.3. The van der Waals surface area contributed by atoms with Gasteiger partial charge in [-0.25, -0.2) is 0 Å². The minimum atomic E-state index is 0.161. The number of rotatable bonds is 13. The van der Waals surface area contributed by atoms with Gasteiger partial charge in [0.2, 0.25) is 0 Å². The number of hydrogen-bond donors (Lipinski definition) is 0. The second kappa shape index (κ2) is 11.4. The van der Waals surface area contributed by atoms with Gasteiger partial charge in [-0.3, -0.25) is 0 Å². The Labute approximate surface area is 230 Å². The average Bonchev–Trinajstić information content (AvgIpc) is 3.44. The first-order valence-electron chi connectivity index (χ1n) is 17.0. The lowest BCUT2D eigenvalue weighted by atomic mass is 9.44. The molecule has 1 saturated heterocycles. The van der Waals surface area contributed by atoms with Crippen LogP contribution in [-0.4, -0.2) is 24.4 Å². The molecule has 5 rings (SSSR count). The van der Waals surface area contributed by atoms with Gasteiger partial charge in [-0.1, -0.05) is 92.9 Å². The van der Waals surface area contributed by atoms with Gasteiger partial charge < -0.3 is 9.47 Å². The van der Waals surface area contributed by atoms with Crippen molar-refractivity contribution in [2.24, 2.45) is 46.3 Å². The van der Waals surface area contributed by atoms with Gasteiger partial charge in [0, 0.05) is 18.4 Å². The van der Waals surface area contributed by atoms with E-state index in [1.807, 2.05) is 0 Å². The molecule has 1 spiro atoms. The number of epoxide rings is 1. The summed E-state index contributed by atoms with van der Waals surface area (Å²) in [5.41, 5.74) is 1.14. The van der Waals surface area contributed by atoms with Crippen LogP contribution in [-0.2, 0) is 9.47 Å². The first kappa shape index (κ1) is 28.4. The summed E-state index contributed by atoms with van der Waals surface area (Å²) in [5.74, 6) is 5.46. The Bertz CT molecular complexity index is 748. The number of unbranched alkanes of at least 4 members (excludes halogenated alkanes) is 5. The predicted octanol–water partition coefficient (Wildman–Crippen LogP) is 9.98. The van der Waals surface area contributed by atoms with E-state index in [1.165, 1.54) is 109 Å². The normalized spacial score (nSPS) is 45.2. The SMILES string of the molecule is CCCCCCCCO[C@H]1CC[C@]2(C)[C@H]3CC[C@]4(C)[C@@H](C(C)CCCC(C)C)CC[C@H]4[C@@H]3C[C@@H]3OC32C1. The second-order valence-electron chi connectivity index (χ2n) is 15.6. The van der Waals surface area contributed by atoms with Gasteiger partial charge in [0.1, 0.15) is 5.60 Å². The monoisotopic (exact) mass is 514 g/mol. The van der Waals surface area contributed by atoms with Crippen LogP contribution >= 0.6 is 0 Å². The molecule has 2 nitrogen and oxygen atoms in total. The van der Waals surface area contributed by atoms with Gasteiger partial charge in [0.15, 0.2) is 0 Å². The third kappa shape index (κ3) is 5.23. The summed E-state index contributed by atoms with van der Waals surface area (Å²) in [7, 11) is 0. The van der Waals surface area contributed by atoms with E-state index in [4.69, 9.17) is 9.47 Å². The van der Waals surface area contributed by atoms with Crippen LogP contribution in [0.3, 0.4) is 0 Å². The maximum absolute atomic E-state index is 6.82. The van der Waals surface area contributed by atoms with Gasteiger partial charge >= 0.3 is 0 Å². The lowest BCUT2D eigenvalue weighted by molar-refractivity contribution is -0.125. The molecule has 1 aliphatic heterocycles. The zero-order valence-electron chi connectivity index (χ0n) is 25.7. The standard InChI is InChI=1S/C35H62O2/c1-7-8-9-10-11-12-22-36-27-18-21-34(6)31-19-20-33(5)29(26(4)15-13-14-25(2)3)16-17-30(33)28(31)23-32-35(34,24-27)37-32/h25-32H,7-24H2,1-6H3/t26?,27-,28-,29+,30-,31-,32-,33+,34+,35?/m0/s1. The summed E-state index contributed by atoms with van der Waals surface area (Å²) in [5, 5.41) is 0. The topological polar surface area (TPSA) is 21.8 Å². The second-order valence-corrected chi connectivity index (χ2v) is 15.6. The molecular formula is C35H62O2. The Hall–Kier alpha value is -0.0800. The van der Waals surface area contributed by atoms with Crippen molar-refractivity contribution in [2.45, 2.75) is 169 Å². The molecule has 0 bridgehead atoms. The Morgan fingerprint density at radius 1 is 0.838 bits per heavy atom. The third-order valence-corrected chi connectivity index (χ3v) is 13.1. The molecule has 2 unspecified atom stereocenters. The number of hydrogen-bond acceptors (Lipinski definition) is 2. The highest BCUT2D eigenvalue weighted by molar-refractivity contribution is 5.24. The maximum atomic E-state index is 6.82. The average molecular weight is 515 g/mol. The van der Waals surface area contributed by atoms with Crippen molar-refractivity contribution in [1.82, 2.24) is 0 Å². The van der Waals surface area contributed by atoms with Crippen LogP contribution in [0, 0.1) is 46.3 Å². The first-order chi connectivity index (χ1) is 17.7. The van der Waals surface area contributed by atoms with Crippen LogP contribution in [0.2, 0.25) is 0 Å². The van der Waals surface area contributed by atoms with Crippen molar-refractivity contribution in [3.8, 4) is 0 Å². The van der Waals surface area contributed by atoms with Gasteiger partial charge in [0.25, 0.3) is 0 Å². The van der Waals surface area contributed by atoms with E-state index in [-0.39, 0.29) is 5.60 Å². The molecule has 2 heteroatoms. The smallest absolute Gasteiger partial charge is 0.103 e. The zero-order valence-corrected chi connectivity index (χ0v) is 25.7. The molecule has 214 valence electrons. The quantitative estimate of drug-likeness (QED) is 0.180. The van der Waals surface area contributed by atoms with Gasteiger partial charge in [-0.2, -0.15) is 0 Å². The first-order valence-corrected chi connectivity index (χ1v) is 17.0. The predicted molar refractivity (Wildman–Crippen MR) is 156 cm³/mol. The molecule has 0 aromatic heterocycles. The van der Waals surface area contributed by atoms with Crippen molar-refractivity contribution >= 4 is 0 Å². The lowest BCUT2D eigenvalue weighted by Gasteiger charge is -2.59. The molecule has 0 amide bonds. The molecule has 4 aliphatic carbocycles. The van der Waals surface area contributed by atoms with E-state index in [0.717, 1.165) is 42.1 Å². The largest absolute Gasteiger partial charge is 0.378 e. The fourth-order valence-electron chi connectivity index (χ4n) is 10.9. The van der Waals surface area contributed by atoms with Crippen molar-refractivity contribution in [2.75, 3.05) is 6.61 Å². The van der Waals surface area contributed by atoms with E-state index in [2.05, 4.69) is 41.5 Å². The van der Waals surface area contributed by atoms with Gasteiger partial charge in [-0.15, -0.1) is 0 Å². The highest BCUT2D eigenvalue weighted by Crippen LogP contribution is 2.74. The van der Waals surface area contributed by atoms with Crippen molar-refractivity contribution in [1.29, 1.82) is 0 Å². The van der Waals surface area contributed by atoms with E-state index < -0.39 is 0 Å². The highest BCUT2D eigenvalue weighted by atomic mass is 16.6. The molecule has 10 atom stereocenters. The minimum Gasteiger partial charge on any atom is -0.378 e. The Kier molecular flexibility index (Phi) is 8.78. The molecule has 5 aliphatic rings. The maximum Gasteiger partial charge on any atom is 0.103 e. The van der Waals surface area contributed by atoms with Gasteiger partial charge in [-0.05, 0) is 92.3 Å². The van der Waals surface area contributed by atoms with Crippen LogP contribution in [0.1, 0.15) is 151 Å². The number of ether oxygens (including phenoxy) is 2. The van der Waals surface area contributed by atoms with Crippen LogP contribution < -0.4 is 0 Å². The van der Waals surface area contributed by atoms with E-state index in [9.17, 15) is 0 Å². The van der Waals surface area contributed by atoms with E-state index in [1.54, 1.807) is 0 Å². The molecule has 37 heavy (non-hydrogen) atoms. The van der Waals surface area contributed by atoms with Crippen LogP contribution in [0.5, 0.6) is 0 Å². The lowest BCUT2D eigenvalue weighted by Crippen LogP contribution is -2.58. The minimum absolute atomic E-state index is 0.161. The molecule has 0 radical (unpaired) electrons. The van der Waals surface area contributed by atoms with Crippen molar-refractivity contribution in [3.63, 3.8) is 0 Å². The van der Waals surface area contributed by atoms with Crippen molar-refractivity contribution in [3.05, 3.63) is 0 Å². The molecule has 0 aromatic rings. The summed E-state index contributed by atoms with van der Waals surface area (Å²) >= 11 is 0. The third-order valence-electron chi connectivity index (χ3n) is 13.1. The van der Waals surface area contributed by atoms with E-state index in [0.29, 0.717) is 23.0 Å². The number of fused-ring (bicyclic) bond motifs is 4. The summed E-state index contributed by atoms with van der Waals surface area (Å²) in [6.07, 6.45) is 24.5. The molecule has 1 heterocycles. The van der Waals surface area contributed by atoms with Gasteiger partial charge in [0.05, 0.1) is 12.2 Å². The van der Waals surface area contributed by atoms with Crippen LogP contribution in [0.4, 0.5) is 0 Å². The van der Waals surface area contributed by atoms with Crippen LogP contribution in [0.25, 0.3) is 0 Å². The fraction of sp³-hybridized carbons (Fsp3) is 1.00. The van der Waals surface area contributed by atoms with E-state index >= 15 is 0 Å². The fourth-order valence-corrected chi connectivity index (χ4v) is 10.9. The summed E-state index contributed by atoms with van der Waals surface area (Å²) < 4.78 is 13.3. The molecule has 0 aromatic carbocycles. The molecule has 5 fully saturated rings. The molecule has 4 saturated carbocycles. The Morgan fingerprint density at radius 3 is 2.41 bits per heavy atom. The summed E-state index contributed by atoms with van der Waals surface area (Å²) in [6.45, 7) is 16.0. The summed E-state index contributed by atoms with van der Waals surface area (Å²) in [6, 6.07) is 0. The highest BCUT2D eigenvalue weighted by Gasteiger charge is 2.76. The Morgan fingerprint density at radius 2 is 1.62 bits per heavy atom. The summed E-state index contributed by atoms with van der Waals surface area (Å²) in [4.78, 5) is 0. The van der Waals surface area contributed by atoms with Crippen LogP contribution in [0.15, 0.2) is 0 Å². The van der Waals surface area contributed by atoms with Crippen molar-refractivity contribution < 1.29 is 9.47 Å². The molecule has 0 N–H and O–H groups in total. The molecular weight excluding hydrogens is 452 g/mol.